The third kappa shape index (κ3) is 4.66. The largest absolute Gasteiger partial charge is 0.496 e. The molecule has 0 aliphatic carbocycles. The van der Waals surface area contributed by atoms with Crippen molar-refractivity contribution in [2.75, 3.05) is 14.2 Å². The second kappa shape index (κ2) is 7.19. The SMILES string of the molecule is CNCc1cc(CS/N=C(/C)N)ccc1OC. The topological polar surface area (TPSA) is 59.6 Å². The predicted octanol–water partition coefficient (Wildman–Crippen LogP) is 1.94. The van der Waals surface area contributed by atoms with E-state index in [4.69, 9.17) is 10.5 Å². The number of hydrogen-bond donors (Lipinski definition) is 2. The van der Waals surface area contributed by atoms with E-state index in [-0.39, 0.29) is 0 Å². The minimum absolute atomic E-state index is 0.596. The molecular formula is C12H19N3OS. The molecule has 0 aliphatic rings. The van der Waals surface area contributed by atoms with Gasteiger partial charge in [-0.3, -0.25) is 0 Å². The van der Waals surface area contributed by atoms with Gasteiger partial charge in [-0.05, 0) is 43.6 Å². The molecule has 0 fully saturated rings. The molecule has 0 unspecified atom stereocenters. The van der Waals surface area contributed by atoms with E-state index in [1.54, 1.807) is 14.0 Å². The minimum atomic E-state index is 0.596. The first-order valence-electron chi connectivity index (χ1n) is 5.39. The molecule has 0 aromatic heterocycles. The lowest BCUT2D eigenvalue weighted by Gasteiger charge is -2.09. The molecule has 0 atom stereocenters. The maximum atomic E-state index is 5.48. The van der Waals surface area contributed by atoms with Gasteiger partial charge in [-0.15, -0.1) is 0 Å². The zero-order chi connectivity index (χ0) is 12.7. The van der Waals surface area contributed by atoms with Crippen molar-refractivity contribution in [3.05, 3.63) is 29.3 Å². The van der Waals surface area contributed by atoms with Crippen LogP contribution < -0.4 is 15.8 Å². The van der Waals surface area contributed by atoms with Gasteiger partial charge in [-0.2, -0.15) is 0 Å². The first-order chi connectivity index (χ1) is 8.17. The van der Waals surface area contributed by atoms with Crippen molar-refractivity contribution in [2.24, 2.45) is 10.1 Å². The van der Waals surface area contributed by atoms with Crippen molar-refractivity contribution in [1.29, 1.82) is 0 Å². The maximum absolute atomic E-state index is 5.48. The lowest BCUT2D eigenvalue weighted by molar-refractivity contribution is 0.408. The molecule has 0 spiro atoms. The number of ether oxygens (including phenoxy) is 1. The van der Waals surface area contributed by atoms with Crippen LogP contribution >= 0.6 is 11.9 Å². The Balaban J connectivity index is 2.73. The molecule has 1 aromatic rings. The highest BCUT2D eigenvalue weighted by atomic mass is 32.2. The summed E-state index contributed by atoms with van der Waals surface area (Å²) in [5, 5.41) is 3.13. The lowest BCUT2D eigenvalue weighted by Crippen LogP contribution is -2.07. The van der Waals surface area contributed by atoms with Gasteiger partial charge in [0, 0.05) is 17.9 Å². The van der Waals surface area contributed by atoms with Crippen LogP contribution in [0.3, 0.4) is 0 Å². The van der Waals surface area contributed by atoms with Gasteiger partial charge in [0.15, 0.2) is 0 Å². The van der Waals surface area contributed by atoms with Gasteiger partial charge in [0.1, 0.15) is 11.6 Å². The van der Waals surface area contributed by atoms with E-state index in [9.17, 15) is 0 Å². The Morgan fingerprint density at radius 1 is 1.53 bits per heavy atom. The number of nitrogens with two attached hydrogens (primary N) is 1. The summed E-state index contributed by atoms with van der Waals surface area (Å²) in [6, 6.07) is 6.16. The van der Waals surface area contributed by atoms with Crippen molar-refractivity contribution in [3.8, 4) is 5.75 Å². The summed E-state index contributed by atoms with van der Waals surface area (Å²) < 4.78 is 9.40. The third-order valence-electron chi connectivity index (χ3n) is 2.15. The van der Waals surface area contributed by atoms with Crippen LogP contribution in [-0.4, -0.2) is 20.0 Å². The summed E-state index contributed by atoms with van der Waals surface area (Å²) >= 11 is 1.46. The quantitative estimate of drug-likeness (QED) is 0.462. The number of nitrogens with one attached hydrogen (secondary N) is 1. The van der Waals surface area contributed by atoms with Crippen LogP contribution in [0.15, 0.2) is 22.6 Å². The fraction of sp³-hybridized carbons (Fsp3) is 0.417. The van der Waals surface area contributed by atoms with Crippen molar-refractivity contribution >= 4 is 17.8 Å². The second-order valence-electron chi connectivity index (χ2n) is 3.68. The molecule has 0 saturated heterocycles. The van der Waals surface area contributed by atoms with Crippen LogP contribution in [0.25, 0.3) is 0 Å². The smallest absolute Gasteiger partial charge is 0.123 e. The molecule has 0 amide bonds. The zero-order valence-corrected chi connectivity index (χ0v) is 11.3. The standard InChI is InChI=1S/C12H19N3OS/c1-9(13)15-17-8-10-4-5-12(16-3)11(6-10)7-14-2/h4-6,14H,7-8H2,1-3H3,(H2,13,15). The number of benzene rings is 1. The van der Waals surface area contributed by atoms with E-state index in [1.165, 1.54) is 17.5 Å². The van der Waals surface area contributed by atoms with Crippen LogP contribution in [0.5, 0.6) is 5.75 Å². The lowest BCUT2D eigenvalue weighted by atomic mass is 10.1. The number of hydrogen-bond acceptors (Lipinski definition) is 4. The number of methoxy groups -OCH3 is 1. The Kier molecular flexibility index (Phi) is 5.86. The maximum Gasteiger partial charge on any atom is 0.123 e. The van der Waals surface area contributed by atoms with Crippen LogP contribution in [0.1, 0.15) is 18.1 Å². The summed E-state index contributed by atoms with van der Waals surface area (Å²) in [4.78, 5) is 0. The van der Waals surface area contributed by atoms with Gasteiger partial charge >= 0.3 is 0 Å². The highest BCUT2D eigenvalue weighted by Gasteiger charge is 2.03. The third-order valence-corrected chi connectivity index (χ3v) is 3.03. The molecular weight excluding hydrogens is 234 g/mol. The van der Waals surface area contributed by atoms with Crippen LogP contribution in [0, 0.1) is 0 Å². The molecule has 0 bridgehead atoms. The number of rotatable bonds is 6. The summed E-state index contributed by atoms with van der Waals surface area (Å²) in [5.74, 6) is 2.32. The summed E-state index contributed by atoms with van der Waals surface area (Å²) in [6.45, 7) is 2.58. The minimum Gasteiger partial charge on any atom is -0.496 e. The van der Waals surface area contributed by atoms with Gasteiger partial charge in [0.05, 0.1) is 7.11 Å². The molecule has 1 rings (SSSR count). The normalized spacial score (nSPS) is 11.6. The van der Waals surface area contributed by atoms with Crippen molar-refractivity contribution in [1.82, 2.24) is 5.32 Å². The molecule has 5 heteroatoms. The van der Waals surface area contributed by atoms with Crippen molar-refractivity contribution in [3.63, 3.8) is 0 Å². The van der Waals surface area contributed by atoms with Crippen LogP contribution in [0.2, 0.25) is 0 Å². The highest BCUT2D eigenvalue weighted by Crippen LogP contribution is 2.22. The Morgan fingerprint density at radius 2 is 2.29 bits per heavy atom. The molecule has 0 saturated carbocycles. The fourth-order valence-electron chi connectivity index (χ4n) is 1.46. The van der Waals surface area contributed by atoms with E-state index in [2.05, 4.69) is 15.8 Å². The van der Waals surface area contributed by atoms with Gasteiger partial charge in [0.25, 0.3) is 0 Å². The molecule has 1 aromatic carbocycles. The van der Waals surface area contributed by atoms with Crippen LogP contribution in [-0.2, 0) is 12.3 Å². The Hall–Kier alpha value is -1.20. The monoisotopic (exact) mass is 253 g/mol. The Bertz CT molecular complexity index is 389. The summed E-state index contributed by atoms with van der Waals surface area (Å²) in [6.07, 6.45) is 0. The number of amidine groups is 1. The molecule has 0 radical (unpaired) electrons. The Labute approximate surface area is 107 Å². The van der Waals surface area contributed by atoms with Gasteiger partial charge in [-0.1, -0.05) is 6.07 Å². The van der Waals surface area contributed by atoms with Gasteiger partial charge < -0.3 is 15.8 Å². The highest BCUT2D eigenvalue weighted by molar-refractivity contribution is 7.97. The van der Waals surface area contributed by atoms with Gasteiger partial charge in [0.2, 0.25) is 0 Å². The van der Waals surface area contributed by atoms with E-state index in [0.29, 0.717) is 5.84 Å². The average molecular weight is 253 g/mol. The summed E-state index contributed by atoms with van der Waals surface area (Å²) in [7, 11) is 3.61. The molecule has 4 nitrogen and oxygen atoms in total. The van der Waals surface area contributed by atoms with Crippen molar-refractivity contribution in [2.45, 2.75) is 19.2 Å². The zero-order valence-electron chi connectivity index (χ0n) is 10.5. The second-order valence-corrected chi connectivity index (χ2v) is 4.41. The fourth-order valence-corrected chi connectivity index (χ4v) is 2.06. The molecule has 0 aliphatic heterocycles. The first kappa shape index (κ1) is 13.9. The van der Waals surface area contributed by atoms with E-state index in [0.717, 1.165) is 23.6 Å². The number of nitrogens with zero attached hydrogens (tertiary/aromatic N) is 1. The molecule has 17 heavy (non-hydrogen) atoms. The van der Waals surface area contributed by atoms with Gasteiger partial charge in [-0.25, -0.2) is 4.40 Å². The van der Waals surface area contributed by atoms with E-state index < -0.39 is 0 Å². The Morgan fingerprint density at radius 3 is 2.88 bits per heavy atom. The first-order valence-corrected chi connectivity index (χ1v) is 6.34. The molecule has 0 heterocycles. The summed E-state index contributed by atoms with van der Waals surface area (Å²) in [5.41, 5.74) is 7.85. The van der Waals surface area contributed by atoms with Crippen LogP contribution in [0.4, 0.5) is 0 Å². The van der Waals surface area contributed by atoms with E-state index >= 15 is 0 Å². The predicted molar refractivity (Wildman–Crippen MR) is 74.3 cm³/mol. The molecule has 94 valence electrons. The van der Waals surface area contributed by atoms with E-state index in [1.807, 2.05) is 19.2 Å². The molecule has 3 N–H and O–H groups in total. The van der Waals surface area contributed by atoms with Crippen molar-refractivity contribution < 1.29 is 4.74 Å². The average Bonchev–Trinajstić information content (AvgIpc) is 2.29.